The van der Waals surface area contributed by atoms with Crippen molar-refractivity contribution in [1.29, 1.82) is 0 Å². The molecule has 0 aromatic heterocycles. The normalized spacial score (nSPS) is 12.5. The van der Waals surface area contributed by atoms with Crippen LogP contribution in [-0.2, 0) is 27.2 Å². The third kappa shape index (κ3) is 6.66. The van der Waals surface area contributed by atoms with Crippen molar-refractivity contribution in [1.82, 2.24) is 10.6 Å². The summed E-state index contributed by atoms with van der Waals surface area (Å²) in [5.41, 5.74) is 6.30. The maximum absolute atomic E-state index is 13.4. The fourth-order valence-electron chi connectivity index (χ4n) is 2.84. The molecule has 0 bridgehead atoms. The summed E-state index contributed by atoms with van der Waals surface area (Å²) in [6, 6.07) is 8.89. The van der Waals surface area contributed by atoms with Gasteiger partial charge in [-0.05, 0) is 23.3 Å². The van der Waals surface area contributed by atoms with Crippen molar-refractivity contribution in [3.8, 4) is 0 Å². The van der Waals surface area contributed by atoms with Gasteiger partial charge < -0.3 is 16.4 Å². The summed E-state index contributed by atoms with van der Waals surface area (Å²) < 4.78 is 13.4. The molecule has 9 nitrogen and oxygen atoms in total. The van der Waals surface area contributed by atoms with E-state index >= 15 is 0 Å². The van der Waals surface area contributed by atoms with Gasteiger partial charge in [0.25, 0.3) is 5.69 Å². The zero-order chi connectivity index (χ0) is 22.3. The van der Waals surface area contributed by atoms with Crippen LogP contribution in [0.4, 0.5) is 10.1 Å². The van der Waals surface area contributed by atoms with Crippen LogP contribution < -0.4 is 16.4 Å². The van der Waals surface area contributed by atoms with Gasteiger partial charge in [-0.25, -0.2) is 4.39 Å². The molecule has 0 radical (unpaired) electrons. The summed E-state index contributed by atoms with van der Waals surface area (Å²) in [5.74, 6) is -2.44. The number of nitrogens with two attached hydrogens (primary N) is 1. The minimum Gasteiger partial charge on any atom is -0.368 e. The second kappa shape index (κ2) is 10.1. The van der Waals surface area contributed by atoms with Crippen molar-refractivity contribution in [2.45, 2.75) is 31.8 Å². The summed E-state index contributed by atoms with van der Waals surface area (Å²) >= 11 is 0. The van der Waals surface area contributed by atoms with Crippen molar-refractivity contribution >= 4 is 23.4 Å². The van der Waals surface area contributed by atoms with E-state index in [1.165, 1.54) is 49.4 Å². The Morgan fingerprint density at radius 1 is 1.03 bits per heavy atom. The molecule has 158 valence electrons. The van der Waals surface area contributed by atoms with Crippen molar-refractivity contribution in [2.24, 2.45) is 5.73 Å². The Morgan fingerprint density at radius 2 is 1.67 bits per heavy atom. The minimum absolute atomic E-state index is 0.00578. The van der Waals surface area contributed by atoms with Crippen molar-refractivity contribution < 1.29 is 23.7 Å². The third-order valence-electron chi connectivity index (χ3n) is 4.27. The van der Waals surface area contributed by atoms with E-state index in [1.54, 1.807) is 6.07 Å². The second-order valence-electron chi connectivity index (χ2n) is 6.68. The van der Waals surface area contributed by atoms with Gasteiger partial charge in [-0.15, -0.1) is 0 Å². The Bertz CT molecular complexity index is 948. The van der Waals surface area contributed by atoms with Crippen LogP contribution >= 0.6 is 0 Å². The first kappa shape index (κ1) is 22.5. The van der Waals surface area contributed by atoms with Crippen LogP contribution in [0.15, 0.2) is 48.5 Å². The fourth-order valence-corrected chi connectivity index (χ4v) is 2.84. The molecular formula is C20H21FN4O5. The topological polar surface area (TPSA) is 144 Å². The number of amides is 3. The monoisotopic (exact) mass is 416 g/mol. The first-order chi connectivity index (χ1) is 14.2. The van der Waals surface area contributed by atoms with Crippen LogP contribution in [0.25, 0.3) is 0 Å². The molecule has 30 heavy (non-hydrogen) atoms. The smallest absolute Gasteiger partial charge is 0.269 e. The van der Waals surface area contributed by atoms with Gasteiger partial charge in [0.05, 0.1) is 4.92 Å². The molecule has 4 N–H and O–H groups in total. The molecule has 0 heterocycles. The van der Waals surface area contributed by atoms with E-state index in [0.717, 1.165) is 0 Å². The molecule has 10 heteroatoms. The molecule has 0 aliphatic heterocycles. The highest BCUT2D eigenvalue weighted by Gasteiger charge is 2.25. The van der Waals surface area contributed by atoms with Gasteiger partial charge in [-0.1, -0.05) is 24.3 Å². The molecule has 2 atom stereocenters. The number of nitrogens with one attached hydrogen (secondary N) is 2. The Balaban J connectivity index is 2.13. The van der Waals surface area contributed by atoms with Gasteiger partial charge >= 0.3 is 0 Å². The molecule has 2 aromatic rings. The standard InChI is InChI=1S/C20H21FN4O5/c1-12(26)23-18(11-14-3-2-4-15(21)9-14)20(28)24-17(19(22)27)10-13-5-7-16(8-6-13)25(29)30/h2-9,17-18H,10-11H2,1H3,(H2,22,27)(H,23,26)(H,24,28)/t17-,18+/m0/s1. The minimum atomic E-state index is -1.11. The molecule has 0 spiro atoms. The predicted octanol–water partition coefficient (Wildman–Crippen LogP) is 0.994. The van der Waals surface area contributed by atoms with Gasteiger partial charge in [0.1, 0.15) is 17.9 Å². The van der Waals surface area contributed by atoms with Crippen LogP contribution in [0, 0.1) is 15.9 Å². The molecule has 3 amide bonds. The summed E-state index contributed by atoms with van der Waals surface area (Å²) in [4.78, 5) is 46.2. The average Bonchev–Trinajstić information content (AvgIpc) is 2.67. The quantitative estimate of drug-likeness (QED) is 0.412. The first-order valence-corrected chi connectivity index (χ1v) is 9.00. The van der Waals surface area contributed by atoms with Gasteiger partial charge in [0.15, 0.2) is 0 Å². The summed E-state index contributed by atoms with van der Waals surface area (Å²) in [6.45, 7) is 1.23. The lowest BCUT2D eigenvalue weighted by molar-refractivity contribution is -0.384. The zero-order valence-electron chi connectivity index (χ0n) is 16.1. The number of halogens is 1. The van der Waals surface area contributed by atoms with Crippen molar-refractivity contribution in [3.63, 3.8) is 0 Å². The lowest BCUT2D eigenvalue weighted by Crippen LogP contribution is -2.54. The van der Waals surface area contributed by atoms with E-state index in [9.17, 15) is 28.9 Å². The number of hydrogen-bond donors (Lipinski definition) is 3. The lowest BCUT2D eigenvalue weighted by atomic mass is 10.0. The predicted molar refractivity (Wildman–Crippen MR) is 106 cm³/mol. The largest absolute Gasteiger partial charge is 0.368 e. The van der Waals surface area contributed by atoms with E-state index in [1.807, 2.05) is 0 Å². The number of hydrogen-bond acceptors (Lipinski definition) is 5. The number of non-ortho nitro benzene ring substituents is 1. The Hall–Kier alpha value is -3.82. The summed E-state index contributed by atoms with van der Waals surface area (Å²) in [6.07, 6.45) is 0.0119. The number of carbonyl (C=O) groups excluding carboxylic acids is 3. The number of benzene rings is 2. The molecule has 2 aromatic carbocycles. The molecule has 0 aliphatic rings. The van der Waals surface area contributed by atoms with Crippen molar-refractivity contribution in [2.75, 3.05) is 0 Å². The highest BCUT2D eigenvalue weighted by molar-refractivity contribution is 5.91. The van der Waals surface area contributed by atoms with Gasteiger partial charge in [-0.3, -0.25) is 24.5 Å². The van der Waals surface area contributed by atoms with Crippen LogP contribution in [0.2, 0.25) is 0 Å². The number of nitro groups is 1. The van der Waals surface area contributed by atoms with Crippen LogP contribution in [0.3, 0.4) is 0 Å². The number of carbonyl (C=O) groups is 3. The molecule has 0 aliphatic carbocycles. The Kier molecular flexibility index (Phi) is 7.56. The highest BCUT2D eigenvalue weighted by Crippen LogP contribution is 2.13. The van der Waals surface area contributed by atoms with Gasteiger partial charge in [0.2, 0.25) is 17.7 Å². The molecule has 0 unspecified atom stereocenters. The number of nitro benzene ring substituents is 1. The lowest BCUT2D eigenvalue weighted by Gasteiger charge is -2.22. The van der Waals surface area contributed by atoms with Gasteiger partial charge in [-0.2, -0.15) is 0 Å². The first-order valence-electron chi connectivity index (χ1n) is 9.00. The van der Waals surface area contributed by atoms with Crippen LogP contribution in [0.1, 0.15) is 18.1 Å². The second-order valence-corrected chi connectivity index (χ2v) is 6.68. The van der Waals surface area contributed by atoms with E-state index in [4.69, 9.17) is 5.73 Å². The zero-order valence-corrected chi connectivity index (χ0v) is 16.1. The molecule has 0 saturated carbocycles. The summed E-state index contributed by atoms with van der Waals surface area (Å²) in [7, 11) is 0. The van der Waals surface area contributed by atoms with E-state index in [2.05, 4.69) is 10.6 Å². The maximum Gasteiger partial charge on any atom is 0.269 e. The van der Waals surface area contributed by atoms with E-state index < -0.39 is 40.5 Å². The molecular weight excluding hydrogens is 395 g/mol. The van der Waals surface area contributed by atoms with Crippen LogP contribution in [0.5, 0.6) is 0 Å². The Labute approximate surface area is 171 Å². The molecule has 0 fully saturated rings. The van der Waals surface area contributed by atoms with Crippen LogP contribution in [-0.4, -0.2) is 34.7 Å². The highest BCUT2D eigenvalue weighted by atomic mass is 19.1. The average molecular weight is 416 g/mol. The SMILES string of the molecule is CC(=O)N[C@H](Cc1cccc(F)c1)C(=O)N[C@@H](Cc1ccc([N+](=O)[O-])cc1)C(N)=O. The Morgan fingerprint density at radius 3 is 2.20 bits per heavy atom. The number of primary amides is 1. The maximum atomic E-state index is 13.4. The fraction of sp³-hybridized carbons (Fsp3) is 0.250. The number of rotatable bonds is 9. The summed E-state index contributed by atoms with van der Waals surface area (Å²) in [5, 5.41) is 15.7. The number of nitrogens with zero attached hydrogens (tertiary/aromatic N) is 1. The third-order valence-corrected chi connectivity index (χ3v) is 4.27. The van der Waals surface area contributed by atoms with Gasteiger partial charge in [0, 0.05) is 31.9 Å². The van der Waals surface area contributed by atoms with E-state index in [0.29, 0.717) is 11.1 Å². The molecule has 2 rings (SSSR count). The molecule has 0 saturated heterocycles. The van der Waals surface area contributed by atoms with Crippen molar-refractivity contribution in [3.05, 3.63) is 75.6 Å². The van der Waals surface area contributed by atoms with E-state index in [-0.39, 0.29) is 18.5 Å².